The fraction of sp³-hybridized carbons (Fsp3) is 0.500. The van der Waals surface area contributed by atoms with E-state index in [1.807, 2.05) is 12.1 Å². The van der Waals surface area contributed by atoms with Crippen LogP contribution in [0.15, 0.2) is 24.3 Å². The van der Waals surface area contributed by atoms with Crippen LogP contribution in [0.2, 0.25) is 0 Å². The third-order valence-corrected chi connectivity index (χ3v) is 3.62. The topological polar surface area (TPSA) is 37.3 Å². The summed E-state index contributed by atoms with van der Waals surface area (Å²) in [4.78, 5) is 10.8. The van der Waals surface area contributed by atoms with Crippen LogP contribution in [0.4, 0.5) is 4.39 Å². The average Bonchev–Trinajstić information content (AvgIpc) is 2.27. The van der Waals surface area contributed by atoms with Gasteiger partial charge in [0.25, 0.3) is 0 Å². The second-order valence-corrected chi connectivity index (χ2v) is 4.98. The number of aliphatic carboxylic acids is 1. The molecule has 0 spiro atoms. The number of rotatable bonds is 4. The van der Waals surface area contributed by atoms with E-state index >= 15 is 0 Å². The molecule has 0 radical (unpaired) electrons. The summed E-state index contributed by atoms with van der Waals surface area (Å²) in [7, 11) is 0. The molecule has 1 aliphatic carbocycles. The van der Waals surface area contributed by atoms with E-state index in [9.17, 15) is 9.18 Å². The molecule has 1 aromatic rings. The molecule has 0 bridgehead atoms. The molecule has 2 rings (SSSR count). The fourth-order valence-electron chi connectivity index (χ4n) is 2.17. The molecule has 0 heterocycles. The van der Waals surface area contributed by atoms with Gasteiger partial charge in [-0.15, -0.1) is 0 Å². The minimum Gasteiger partial charge on any atom is -0.481 e. The summed E-state index contributed by atoms with van der Waals surface area (Å²) in [6.45, 7) is 1.65. The minimum absolute atomic E-state index is 0.453. The smallest absolute Gasteiger partial charge is 0.310 e. The largest absolute Gasteiger partial charge is 0.481 e. The Bertz CT molecular complexity index is 407. The van der Waals surface area contributed by atoms with Gasteiger partial charge >= 0.3 is 5.97 Å². The average molecular weight is 236 g/mol. The molecule has 92 valence electrons. The van der Waals surface area contributed by atoms with Crippen LogP contribution in [0.3, 0.4) is 0 Å². The van der Waals surface area contributed by atoms with Crippen molar-refractivity contribution >= 4 is 5.97 Å². The molecule has 1 N–H and O–H groups in total. The Labute approximate surface area is 100 Å². The third kappa shape index (κ3) is 2.65. The second-order valence-electron chi connectivity index (χ2n) is 4.98. The molecular formula is C14H17FO2. The van der Waals surface area contributed by atoms with Crippen molar-refractivity contribution in [2.24, 2.45) is 0 Å². The maximum Gasteiger partial charge on any atom is 0.310 e. The Kier molecular flexibility index (Phi) is 3.18. The Morgan fingerprint density at radius 2 is 2.00 bits per heavy atom. The van der Waals surface area contributed by atoms with Crippen molar-refractivity contribution in [3.8, 4) is 0 Å². The highest BCUT2D eigenvalue weighted by Gasteiger charge is 2.36. The number of hydrogen-bond donors (Lipinski definition) is 1. The van der Waals surface area contributed by atoms with Gasteiger partial charge in [0.05, 0.1) is 5.92 Å². The van der Waals surface area contributed by atoms with E-state index in [4.69, 9.17) is 5.11 Å². The molecule has 1 unspecified atom stereocenters. The lowest BCUT2D eigenvalue weighted by atomic mass is 9.77. The molecule has 1 saturated carbocycles. The maximum atomic E-state index is 13.9. The van der Waals surface area contributed by atoms with E-state index in [0.717, 1.165) is 17.5 Å². The first-order valence-corrected chi connectivity index (χ1v) is 6.01. The normalized spacial score (nSPS) is 19.4. The van der Waals surface area contributed by atoms with Gasteiger partial charge in [0.2, 0.25) is 0 Å². The minimum atomic E-state index is -1.01. The van der Waals surface area contributed by atoms with E-state index < -0.39 is 17.6 Å². The number of benzene rings is 1. The van der Waals surface area contributed by atoms with Crippen LogP contribution in [0.25, 0.3) is 0 Å². The van der Waals surface area contributed by atoms with Gasteiger partial charge in [-0.3, -0.25) is 4.79 Å². The highest BCUT2D eigenvalue weighted by molar-refractivity contribution is 5.75. The summed E-state index contributed by atoms with van der Waals surface area (Å²) < 4.78 is 13.9. The highest BCUT2D eigenvalue weighted by Crippen LogP contribution is 2.38. The molecule has 0 aliphatic heterocycles. The number of carboxylic acid groups (broad SMARTS) is 1. The first kappa shape index (κ1) is 12.1. The highest BCUT2D eigenvalue weighted by atomic mass is 19.1. The molecule has 2 nitrogen and oxygen atoms in total. The van der Waals surface area contributed by atoms with Crippen LogP contribution < -0.4 is 0 Å². The summed E-state index contributed by atoms with van der Waals surface area (Å²) in [5.74, 6) is -1.34. The van der Waals surface area contributed by atoms with Gasteiger partial charge in [-0.1, -0.05) is 24.3 Å². The summed E-state index contributed by atoms with van der Waals surface area (Å²) in [5, 5.41) is 8.88. The van der Waals surface area contributed by atoms with Gasteiger partial charge < -0.3 is 5.11 Å². The van der Waals surface area contributed by atoms with Crippen molar-refractivity contribution in [2.75, 3.05) is 0 Å². The maximum absolute atomic E-state index is 13.9. The molecule has 1 atom stereocenters. The zero-order valence-corrected chi connectivity index (χ0v) is 9.95. The molecule has 0 aromatic heterocycles. The van der Waals surface area contributed by atoms with Crippen molar-refractivity contribution in [1.29, 1.82) is 0 Å². The van der Waals surface area contributed by atoms with Crippen LogP contribution >= 0.6 is 0 Å². The first-order chi connectivity index (χ1) is 8.00. The van der Waals surface area contributed by atoms with Gasteiger partial charge in [-0.05, 0) is 37.3 Å². The van der Waals surface area contributed by atoms with Crippen LogP contribution in [-0.4, -0.2) is 16.7 Å². The summed E-state index contributed by atoms with van der Waals surface area (Å²) in [6, 6.07) is 7.26. The first-order valence-electron chi connectivity index (χ1n) is 6.01. The fourth-order valence-corrected chi connectivity index (χ4v) is 2.17. The van der Waals surface area contributed by atoms with Crippen LogP contribution in [0.1, 0.15) is 43.2 Å². The zero-order valence-electron chi connectivity index (χ0n) is 9.95. The molecule has 17 heavy (non-hydrogen) atoms. The molecule has 1 aliphatic rings. The van der Waals surface area contributed by atoms with E-state index in [2.05, 4.69) is 0 Å². The number of alkyl halides is 1. The molecule has 0 amide bonds. The summed E-state index contributed by atoms with van der Waals surface area (Å²) in [5.41, 5.74) is 0.705. The molecule has 3 heteroatoms. The predicted octanol–water partition coefficient (Wildman–Crippen LogP) is 3.31. The molecular weight excluding hydrogens is 219 g/mol. The van der Waals surface area contributed by atoms with E-state index in [1.165, 1.54) is 0 Å². The number of halogens is 1. The number of carboxylic acids is 1. The second kappa shape index (κ2) is 4.47. The lowest BCUT2D eigenvalue weighted by Gasteiger charge is -2.33. The molecule has 1 aromatic carbocycles. The lowest BCUT2D eigenvalue weighted by molar-refractivity contribution is -0.138. The lowest BCUT2D eigenvalue weighted by Crippen LogP contribution is -2.34. The number of hydrogen-bond acceptors (Lipinski definition) is 1. The Morgan fingerprint density at radius 1 is 1.41 bits per heavy atom. The van der Waals surface area contributed by atoms with Crippen molar-refractivity contribution in [3.63, 3.8) is 0 Å². The summed E-state index contributed by atoms with van der Waals surface area (Å²) in [6.07, 6.45) is 2.74. The van der Waals surface area contributed by atoms with Crippen molar-refractivity contribution < 1.29 is 14.3 Å². The van der Waals surface area contributed by atoms with Gasteiger partial charge in [0.1, 0.15) is 5.67 Å². The quantitative estimate of drug-likeness (QED) is 0.870. The Morgan fingerprint density at radius 3 is 2.41 bits per heavy atom. The van der Waals surface area contributed by atoms with Gasteiger partial charge in [-0.25, -0.2) is 4.39 Å². The van der Waals surface area contributed by atoms with Crippen molar-refractivity contribution in [1.82, 2.24) is 0 Å². The van der Waals surface area contributed by atoms with Gasteiger partial charge in [-0.2, -0.15) is 0 Å². The van der Waals surface area contributed by atoms with Gasteiger partial charge in [0, 0.05) is 6.42 Å². The van der Waals surface area contributed by atoms with Gasteiger partial charge in [0.15, 0.2) is 0 Å². The third-order valence-electron chi connectivity index (χ3n) is 3.62. The van der Waals surface area contributed by atoms with Crippen LogP contribution in [-0.2, 0) is 11.2 Å². The van der Waals surface area contributed by atoms with Crippen molar-refractivity contribution in [3.05, 3.63) is 35.4 Å². The Balaban J connectivity index is 2.05. The number of carbonyl (C=O) groups is 1. The summed E-state index contributed by atoms with van der Waals surface area (Å²) >= 11 is 0. The van der Waals surface area contributed by atoms with E-state index in [0.29, 0.717) is 19.3 Å². The zero-order chi connectivity index (χ0) is 12.5. The van der Waals surface area contributed by atoms with Crippen molar-refractivity contribution in [2.45, 2.75) is 44.2 Å². The monoisotopic (exact) mass is 236 g/mol. The predicted molar refractivity (Wildman–Crippen MR) is 63.9 cm³/mol. The van der Waals surface area contributed by atoms with Crippen LogP contribution in [0.5, 0.6) is 0 Å². The van der Waals surface area contributed by atoms with Crippen LogP contribution in [0, 0.1) is 0 Å². The van der Waals surface area contributed by atoms with E-state index in [-0.39, 0.29) is 0 Å². The molecule has 0 saturated heterocycles. The molecule has 1 fully saturated rings. The SMILES string of the molecule is CC(C(=O)O)c1ccc(CC2(F)CCC2)cc1. The Hall–Kier alpha value is -1.38. The van der Waals surface area contributed by atoms with E-state index in [1.54, 1.807) is 19.1 Å². The standard InChI is InChI=1S/C14H17FO2/c1-10(13(16)17)12-5-3-11(4-6-12)9-14(15)7-2-8-14/h3-6,10H,2,7-9H2,1H3,(H,16,17).